The minimum absolute atomic E-state index is 0.0278. The lowest BCUT2D eigenvalue weighted by molar-refractivity contribution is -0.117. The maximum absolute atomic E-state index is 12.0. The van der Waals surface area contributed by atoms with Crippen LogP contribution in [-0.4, -0.2) is 31.4 Å². The Hall–Kier alpha value is -4.53. The van der Waals surface area contributed by atoms with Crippen molar-refractivity contribution in [2.45, 2.75) is 25.8 Å². The molecule has 0 bridgehead atoms. The molecule has 170 valence electrons. The van der Waals surface area contributed by atoms with Gasteiger partial charge in [0, 0.05) is 29.9 Å². The lowest BCUT2D eigenvalue weighted by Crippen LogP contribution is -2.19. The van der Waals surface area contributed by atoms with E-state index in [4.69, 9.17) is 4.98 Å². The van der Waals surface area contributed by atoms with Gasteiger partial charge in [0.1, 0.15) is 6.33 Å². The third-order valence-corrected chi connectivity index (χ3v) is 5.63. The van der Waals surface area contributed by atoms with Crippen molar-refractivity contribution in [2.75, 3.05) is 10.6 Å². The topological polar surface area (TPSA) is 113 Å². The van der Waals surface area contributed by atoms with Crippen molar-refractivity contribution in [2.24, 2.45) is 0 Å². The quantitative estimate of drug-likeness (QED) is 0.385. The molecule has 1 aliphatic rings. The van der Waals surface area contributed by atoms with Crippen molar-refractivity contribution in [1.82, 2.24) is 24.9 Å². The van der Waals surface area contributed by atoms with Gasteiger partial charge in [0.2, 0.25) is 11.8 Å². The molecule has 3 heterocycles. The molecule has 34 heavy (non-hydrogen) atoms. The lowest BCUT2D eigenvalue weighted by atomic mass is 10.1. The summed E-state index contributed by atoms with van der Waals surface area (Å²) in [5.41, 5.74) is 5.81. The van der Waals surface area contributed by atoms with Gasteiger partial charge in [-0.05, 0) is 48.2 Å². The summed E-state index contributed by atoms with van der Waals surface area (Å²) < 4.78 is 1.67. The Morgan fingerprint density at radius 1 is 1.21 bits per heavy atom. The molecule has 0 saturated heterocycles. The zero-order valence-electron chi connectivity index (χ0n) is 18.4. The van der Waals surface area contributed by atoms with E-state index in [0.717, 1.165) is 40.9 Å². The van der Waals surface area contributed by atoms with E-state index in [1.54, 1.807) is 4.52 Å². The van der Waals surface area contributed by atoms with Crippen LogP contribution in [0.3, 0.4) is 0 Å². The molecule has 9 nitrogen and oxygen atoms in total. The summed E-state index contributed by atoms with van der Waals surface area (Å²) >= 11 is 0. The van der Waals surface area contributed by atoms with E-state index in [2.05, 4.69) is 32.6 Å². The highest BCUT2D eigenvalue weighted by atomic mass is 16.2. The monoisotopic (exact) mass is 453 g/mol. The molecule has 0 atom stereocenters. The zero-order valence-corrected chi connectivity index (χ0v) is 18.4. The first-order valence-corrected chi connectivity index (χ1v) is 11.0. The number of hydrogen-bond acceptors (Lipinski definition) is 6. The standard InChI is InChI=1S/C25H23N7O2/c1-2-22(33)26-13-16-5-3-7-18(11-16)21-14-32-25(27-15-28-32)24(31-21)29-19-10-9-17-6-4-8-23(34)30-20(17)12-19/h2-3,5,7,9-12,14-15H,1,4,6,8,13H2,(H,26,33)(H,29,31)(H,30,34). The number of aryl methyl sites for hydroxylation is 1. The molecule has 5 rings (SSSR count). The summed E-state index contributed by atoms with van der Waals surface area (Å²) in [4.78, 5) is 32.7. The van der Waals surface area contributed by atoms with Gasteiger partial charge < -0.3 is 16.0 Å². The minimum atomic E-state index is -0.226. The molecule has 2 amide bonds. The van der Waals surface area contributed by atoms with E-state index >= 15 is 0 Å². The van der Waals surface area contributed by atoms with Gasteiger partial charge in [-0.3, -0.25) is 9.59 Å². The largest absolute Gasteiger partial charge is 0.348 e. The molecule has 0 spiro atoms. The van der Waals surface area contributed by atoms with Crippen molar-refractivity contribution in [3.05, 3.63) is 78.8 Å². The van der Waals surface area contributed by atoms with Gasteiger partial charge >= 0.3 is 0 Å². The molecule has 1 aliphatic heterocycles. The molecule has 2 aromatic carbocycles. The normalized spacial score (nSPS) is 13.0. The second kappa shape index (κ2) is 9.14. The molecular weight excluding hydrogens is 430 g/mol. The SMILES string of the molecule is C=CC(=O)NCc1cccc(-c2cn3ncnc3c(Nc3ccc4c(c3)NC(=O)CCC4)n2)c1. The van der Waals surface area contributed by atoms with E-state index in [1.165, 1.54) is 12.4 Å². The van der Waals surface area contributed by atoms with Crippen molar-refractivity contribution < 1.29 is 9.59 Å². The Balaban J connectivity index is 1.47. The van der Waals surface area contributed by atoms with Gasteiger partial charge in [-0.15, -0.1) is 0 Å². The number of nitrogens with one attached hydrogen (secondary N) is 3. The van der Waals surface area contributed by atoms with Crippen molar-refractivity contribution in [3.8, 4) is 11.3 Å². The van der Waals surface area contributed by atoms with Gasteiger partial charge in [-0.2, -0.15) is 5.10 Å². The van der Waals surface area contributed by atoms with E-state index in [9.17, 15) is 9.59 Å². The summed E-state index contributed by atoms with van der Waals surface area (Å²) in [5, 5.41) is 13.4. The van der Waals surface area contributed by atoms with E-state index in [0.29, 0.717) is 30.1 Å². The molecule has 4 aromatic rings. The predicted octanol–water partition coefficient (Wildman–Crippen LogP) is 3.61. The second-order valence-electron chi connectivity index (χ2n) is 8.02. The fourth-order valence-electron chi connectivity index (χ4n) is 3.93. The van der Waals surface area contributed by atoms with Crippen molar-refractivity contribution in [3.63, 3.8) is 0 Å². The number of anilines is 3. The van der Waals surface area contributed by atoms with Gasteiger partial charge in [-0.1, -0.05) is 30.8 Å². The fraction of sp³-hybridized carbons (Fsp3) is 0.160. The number of hydrogen-bond donors (Lipinski definition) is 3. The number of aromatic nitrogens is 4. The highest BCUT2D eigenvalue weighted by molar-refractivity contribution is 5.93. The summed E-state index contributed by atoms with van der Waals surface area (Å²) in [6.07, 6.45) is 6.76. The zero-order chi connectivity index (χ0) is 23.5. The maximum Gasteiger partial charge on any atom is 0.243 e. The molecule has 9 heteroatoms. The molecule has 0 saturated carbocycles. The van der Waals surface area contributed by atoms with Crippen LogP contribution in [0.25, 0.3) is 16.9 Å². The van der Waals surface area contributed by atoms with Crippen LogP contribution in [0.2, 0.25) is 0 Å². The summed E-state index contributed by atoms with van der Waals surface area (Å²) in [6.45, 7) is 3.86. The number of nitrogens with zero attached hydrogens (tertiary/aromatic N) is 4. The van der Waals surface area contributed by atoms with Crippen LogP contribution in [0.5, 0.6) is 0 Å². The number of amides is 2. The van der Waals surface area contributed by atoms with E-state index < -0.39 is 0 Å². The first-order chi connectivity index (χ1) is 16.6. The fourth-order valence-corrected chi connectivity index (χ4v) is 3.93. The second-order valence-corrected chi connectivity index (χ2v) is 8.02. The summed E-state index contributed by atoms with van der Waals surface area (Å²) in [6, 6.07) is 13.7. The van der Waals surface area contributed by atoms with Gasteiger partial charge in [0.15, 0.2) is 11.5 Å². The third-order valence-electron chi connectivity index (χ3n) is 5.63. The molecule has 3 N–H and O–H groups in total. The third kappa shape index (κ3) is 4.49. The molecule has 0 radical (unpaired) electrons. The van der Waals surface area contributed by atoms with Gasteiger partial charge in [0.25, 0.3) is 0 Å². The van der Waals surface area contributed by atoms with Crippen molar-refractivity contribution in [1.29, 1.82) is 0 Å². The van der Waals surface area contributed by atoms with E-state index in [1.807, 2.05) is 48.7 Å². The van der Waals surface area contributed by atoms with Crippen LogP contribution in [0.4, 0.5) is 17.2 Å². The highest BCUT2D eigenvalue weighted by Crippen LogP contribution is 2.29. The minimum Gasteiger partial charge on any atom is -0.348 e. The van der Waals surface area contributed by atoms with Crippen molar-refractivity contribution >= 4 is 34.7 Å². The number of rotatable bonds is 6. The maximum atomic E-state index is 12.0. The number of fused-ring (bicyclic) bond motifs is 2. The average molecular weight is 454 g/mol. The van der Waals surface area contributed by atoms with Crippen LogP contribution in [0.15, 0.2) is 67.6 Å². The molecule has 0 aliphatic carbocycles. The number of benzene rings is 2. The molecule has 0 unspecified atom stereocenters. The summed E-state index contributed by atoms with van der Waals surface area (Å²) in [5.74, 6) is 0.344. The van der Waals surface area contributed by atoms with Crippen LogP contribution < -0.4 is 16.0 Å². The Labute approximate surface area is 195 Å². The molecule has 2 aromatic heterocycles. The average Bonchev–Trinajstić information content (AvgIpc) is 3.25. The van der Waals surface area contributed by atoms with Gasteiger partial charge in [0.05, 0.1) is 11.9 Å². The lowest BCUT2D eigenvalue weighted by Gasteiger charge is -2.13. The Morgan fingerprint density at radius 2 is 2.12 bits per heavy atom. The predicted molar refractivity (Wildman–Crippen MR) is 130 cm³/mol. The number of carbonyl (C=O) groups is 2. The first kappa shape index (κ1) is 21.3. The van der Waals surface area contributed by atoms with Gasteiger partial charge in [-0.25, -0.2) is 14.5 Å². The van der Waals surface area contributed by atoms with Crippen LogP contribution >= 0.6 is 0 Å². The van der Waals surface area contributed by atoms with Crippen LogP contribution in [0, 0.1) is 0 Å². The highest BCUT2D eigenvalue weighted by Gasteiger charge is 2.15. The molecule has 0 fully saturated rings. The van der Waals surface area contributed by atoms with E-state index in [-0.39, 0.29) is 11.8 Å². The Morgan fingerprint density at radius 3 is 3.00 bits per heavy atom. The first-order valence-electron chi connectivity index (χ1n) is 11.0. The number of carbonyl (C=O) groups excluding carboxylic acids is 2. The summed E-state index contributed by atoms with van der Waals surface area (Å²) in [7, 11) is 0. The molecular formula is C25H23N7O2. The Bertz CT molecular complexity index is 1410. The Kier molecular flexibility index (Phi) is 5.73. The smallest absolute Gasteiger partial charge is 0.243 e. The van der Waals surface area contributed by atoms with Crippen LogP contribution in [-0.2, 0) is 22.6 Å². The van der Waals surface area contributed by atoms with Crippen LogP contribution in [0.1, 0.15) is 24.0 Å².